The fraction of sp³-hybridized carbons (Fsp3) is 0.200. The maximum Gasteiger partial charge on any atom is 0.251 e. The summed E-state index contributed by atoms with van der Waals surface area (Å²) in [5.74, 6) is -0.852. The van der Waals surface area contributed by atoms with Gasteiger partial charge in [0.25, 0.3) is 5.91 Å². The molecular formula is C10H11BrN2O2. The molecule has 0 heterocycles. The average molecular weight is 271 g/mol. The van der Waals surface area contributed by atoms with Gasteiger partial charge in [-0.3, -0.25) is 9.59 Å². The fourth-order valence-electron chi connectivity index (χ4n) is 1.01. The number of carbonyl (C=O) groups is 2. The normalized spacial score (nSPS) is 9.67. The number of nitrogens with two attached hydrogens (primary N) is 1. The minimum absolute atomic E-state index is 0.140. The minimum atomic E-state index is -0.555. The Morgan fingerprint density at radius 3 is 2.33 bits per heavy atom. The van der Waals surface area contributed by atoms with Gasteiger partial charge >= 0.3 is 0 Å². The van der Waals surface area contributed by atoms with Crippen molar-refractivity contribution < 1.29 is 9.59 Å². The van der Waals surface area contributed by atoms with Crippen LogP contribution < -0.4 is 11.1 Å². The van der Waals surface area contributed by atoms with E-state index in [1.54, 1.807) is 12.1 Å². The first kappa shape index (κ1) is 11.7. The van der Waals surface area contributed by atoms with E-state index in [1.165, 1.54) is 0 Å². The maximum absolute atomic E-state index is 11.4. The summed E-state index contributed by atoms with van der Waals surface area (Å²) in [5.41, 5.74) is 6.50. The molecule has 4 nitrogen and oxygen atoms in total. The lowest BCUT2D eigenvalue weighted by atomic mass is 10.1. The molecule has 0 aliphatic heterocycles. The van der Waals surface area contributed by atoms with Crippen LogP contribution >= 0.6 is 15.9 Å². The smallest absolute Gasteiger partial charge is 0.251 e. The van der Waals surface area contributed by atoms with E-state index in [0.29, 0.717) is 5.56 Å². The molecule has 0 aliphatic carbocycles. The Balaban J connectivity index is 2.62. The Morgan fingerprint density at radius 1 is 1.27 bits per heavy atom. The van der Waals surface area contributed by atoms with Gasteiger partial charge in [-0.15, -0.1) is 0 Å². The molecule has 1 aromatic carbocycles. The number of alkyl halides is 1. The Bertz CT molecular complexity index is 362. The van der Waals surface area contributed by atoms with Crippen LogP contribution in [-0.2, 0) is 10.1 Å². The zero-order chi connectivity index (χ0) is 11.3. The van der Waals surface area contributed by atoms with E-state index in [0.717, 1.165) is 10.9 Å². The van der Waals surface area contributed by atoms with Crippen molar-refractivity contribution in [2.75, 3.05) is 6.54 Å². The standard InChI is InChI=1S/C10H11BrN2O2/c11-5-7-1-3-8(4-2-7)10(15)13-6-9(12)14/h1-4H,5-6H2,(H2,12,14)(H,13,15). The number of carbonyl (C=O) groups excluding carboxylic acids is 2. The number of halogens is 1. The summed E-state index contributed by atoms with van der Waals surface area (Å²) in [5, 5.41) is 3.16. The Hall–Kier alpha value is -1.36. The van der Waals surface area contributed by atoms with Crippen molar-refractivity contribution in [3.63, 3.8) is 0 Å². The average Bonchev–Trinajstić information content (AvgIpc) is 2.26. The van der Waals surface area contributed by atoms with Crippen LogP contribution in [0.25, 0.3) is 0 Å². The van der Waals surface area contributed by atoms with Crippen LogP contribution in [0.3, 0.4) is 0 Å². The first-order chi connectivity index (χ1) is 7.13. The quantitative estimate of drug-likeness (QED) is 0.795. The van der Waals surface area contributed by atoms with Crippen LogP contribution in [0.1, 0.15) is 15.9 Å². The number of nitrogens with one attached hydrogen (secondary N) is 1. The Kier molecular flexibility index (Phi) is 4.30. The van der Waals surface area contributed by atoms with Gasteiger partial charge in [0.1, 0.15) is 0 Å². The van der Waals surface area contributed by atoms with Crippen LogP contribution in [0, 0.1) is 0 Å². The molecule has 80 valence electrons. The Labute approximate surface area is 96.0 Å². The van der Waals surface area contributed by atoms with Gasteiger partial charge in [-0.05, 0) is 17.7 Å². The fourth-order valence-corrected chi connectivity index (χ4v) is 1.39. The van der Waals surface area contributed by atoms with Crippen molar-refractivity contribution in [1.82, 2.24) is 5.32 Å². The maximum atomic E-state index is 11.4. The summed E-state index contributed by atoms with van der Waals surface area (Å²) in [7, 11) is 0. The van der Waals surface area contributed by atoms with Crippen LogP contribution in [0.2, 0.25) is 0 Å². The van der Waals surface area contributed by atoms with E-state index >= 15 is 0 Å². The molecule has 0 saturated carbocycles. The largest absolute Gasteiger partial charge is 0.368 e. The lowest BCUT2D eigenvalue weighted by Crippen LogP contribution is -2.33. The summed E-state index contributed by atoms with van der Waals surface area (Å²) in [6.07, 6.45) is 0. The van der Waals surface area contributed by atoms with Crippen molar-refractivity contribution in [2.45, 2.75) is 5.33 Å². The molecule has 0 radical (unpaired) electrons. The summed E-state index contributed by atoms with van der Waals surface area (Å²) in [4.78, 5) is 21.9. The predicted molar refractivity (Wildman–Crippen MR) is 60.6 cm³/mol. The highest BCUT2D eigenvalue weighted by atomic mass is 79.9. The third-order valence-electron chi connectivity index (χ3n) is 1.79. The second kappa shape index (κ2) is 5.50. The minimum Gasteiger partial charge on any atom is -0.368 e. The number of hydrogen-bond acceptors (Lipinski definition) is 2. The lowest BCUT2D eigenvalue weighted by Gasteiger charge is -2.03. The molecule has 0 bridgehead atoms. The van der Waals surface area contributed by atoms with Crippen LogP contribution in [0.4, 0.5) is 0 Å². The van der Waals surface area contributed by atoms with Crippen LogP contribution in [-0.4, -0.2) is 18.4 Å². The number of primary amides is 1. The summed E-state index contributed by atoms with van der Waals surface area (Å²) in [6.45, 7) is -0.140. The van der Waals surface area contributed by atoms with Crippen molar-refractivity contribution in [3.8, 4) is 0 Å². The van der Waals surface area contributed by atoms with E-state index in [4.69, 9.17) is 5.73 Å². The first-order valence-electron chi connectivity index (χ1n) is 4.35. The predicted octanol–water partition coefficient (Wildman–Crippen LogP) is 0.797. The van der Waals surface area contributed by atoms with Crippen molar-refractivity contribution >= 4 is 27.7 Å². The van der Waals surface area contributed by atoms with Gasteiger partial charge in [-0.25, -0.2) is 0 Å². The number of rotatable bonds is 4. The molecule has 0 fully saturated rings. The molecule has 0 unspecified atom stereocenters. The summed E-state index contributed by atoms with van der Waals surface area (Å²) in [6, 6.07) is 7.09. The van der Waals surface area contributed by atoms with Crippen molar-refractivity contribution in [2.24, 2.45) is 5.73 Å². The van der Waals surface area contributed by atoms with Gasteiger partial charge < -0.3 is 11.1 Å². The molecule has 0 aliphatic rings. The van der Waals surface area contributed by atoms with E-state index in [1.807, 2.05) is 12.1 Å². The van der Waals surface area contributed by atoms with Gasteiger partial charge in [0, 0.05) is 10.9 Å². The van der Waals surface area contributed by atoms with E-state index in [9.17, 15) is 9.59 Å². The van der Waals surface area contributed by atoms with Crippen LogP contribution in [0.15, 0.2) is 24.3 Å². The molecule has 5 heteroatoms. The molecule has 0 atom stereocenters. The molecular weight excluding hydrogens is 260 g/mol. The van der Waals surface area contributed by atoms with Gasteiger partial charge in [0.15, 0.2) is 0 Å². The second-order valence-corrected chi connectivity index (χ2v) is 3.54. The third kappa shape index (κ3) is 3.71. The number of hydrogen-bond donors (Lipinski definition) is 2. The van der Waals surface area contributed by atoms with Gasteiger partial charge in [0.05, 0.1) is 6.54 Å². The zero-order valence-corrected chi connectivity index (χ0v) is 9.58. The number of benzene rings is 1. The van der Waals surface area contributed by atoms with Crippen molar-refractivity contribution in [1.29, 1.82) is 0 Å². The highest BCUT2D eigenvalue weighted by Gasteiger charge is 2.05. The van der Waals surface area contributed by atoms with E-state index in [2.05, 4.69) is 21.2 Å². The molecule has 2 amide bonds. The molecule has 0 saturated heterocycles. The Morgan fingerprint density at radius 2 is 1.87 bits per heavy atom. The highest BCUT2D eigenvalue weighted by Crippen LogP contribution is 2.07. The topological polar surface area (TPSA) is 72.2 Å². The summed E-state index contributed by atoms with van der Waals surface area (Å²) < 4.78 is 0. The van der Waals surface area contributed by atoms with Gasteiger partial charge in [0.2, 0.25) is 5.91 Å². The van der Waals surface area contributed by atoms with Crippen molar-refractivity contribution in [3.05, 3.63) is 35.4 Å². The molecule has 1 rings (SSSR count). The highest BCUT2D eigenvalue weighted by molar-refractivity contribution is 9.08. The number of amides is 2. The molecule has 1 aromatic rings. The van der Waals surface area contributed by atoms with Gasteiger partial charge in [-0.1, -0.05) is 28.1 Å². The monoisotopic (exact) mass is 270 g/mol. The summed E-state index contributed by atoms with van der Waals surface area (Å²) >= 11 is 3.31. The third-order valence-corrected chi connectivity index (χ3v) is 2.44. The second-order valence-electron chi connectivity index (χ2n) is 2.98. The molecule has 0 aromatic heterocycles. The van der Waals surface area contributed by atoms with Crippen LogP contribution in [0.5, 0.6) is 0 Å². The van der Waals surface area contributed by atoms with E-state index < -0.39 is 5.91 Å². The lowest BCUT2D eigenvalue weighted by molar-refractivity contribution is -0.117. The zero-order valence-electron chi connectivity index (χ0n) is 8.00. The molecule has 0 spiro atoms. The molecule has 15 heavy (non-hydrogen) atoms. The first-order valence-corrected chi connectivity index (χ1v) is 5.47. The SMILES string of the molecule is NC(=O)CNC(=O)c1ccc(CBr)cc1. The van der Waals surface area contributed by atoms with Gasteiger partial charge in [-0.2, -0.15) is 0 Å². The van der Waals surface area contributed by atoms with E-state index in [-0.39, 0.29) is 12.5 Å². The molecule has 3 N–H and O–H groups in total.